The number of carbonyl (C=O) groups is 1. The molecule has 16 heavy (non-hydrogen) atoms. The first-order valence-corrected chi connectivity index (χ1v) is 6.08. The zero-order valence-electron chi connectivity index (χ0n) is 9.34. The summed E-state index contributed by atoms with van der Waals surface area (Å²) in [5.74, 6) is 0.613. The van der Waals surface area contributed by atoms with Crippen LogP contribution in [0.4, 0.5) is 0 Å². The van der Waals surface area contributed by atoms with Crippen molar-refractivity contribution < 1.29 is 4.79 Å². The Morgan fingerprint density at radius 3 is 2.31 bits per heavy atom. The van der Waals surface area contributed by atoms with Gasteiger partial charge in [0.1, 0.15) is 0 Å². The lowest BCUT2D eigenvalue weighted by molar-refractivity contribution is 0.0931. The Balaban J connectivity index is 2.68. The molecule has 1 rings (SSSR count). The van der Waals surface area contributed by atoms with Crippen LogP contribution < -0.4 is 5.32 Å². The van der Waals surface area contributed by atoms with E-state index >= 15 is 0 Å². The summed E-state index contributed by atoms with van der Waals surface area (Å²) in [4.78, 5) is 11.8. The molecule has 2 nitrogen and oxygen atoms in total. The maximum absolute atomic E-state index is 11.8. The molecule has 88 valence electrons. The second-order valence-corrected chi connectivity index (χ2v) is 4.73. The zero-order chi connectivity index (χ0) is 12.1. The van der Waals surface area contributed by atoms with Crippen LogP contribution in [0.5, 0.6) is 0 Å². The minimum atomic E-state index is -0.115. The Morgan fingerprint density at radius 1 is 1.31 bits per heavy atom. The second kappa shape index (κ2) is 6.12. The number of alkyl halides is 1. The van der Waals surface area contributed by atoms with Crippen LogP contribution in [0.15, 0.2) is 24.3 Å². The lowest BCUT2D eigenvalue weighted by Gasteiger charge is -2.19. The number of hydrogen-bond acceptors (Lipinski definition) is 1. The average Bonchev–Trinajstić information content (AvgIpc) is 2.26. The predicted octanol–water partition coefficient (Wildman–Crippen LogP) is 3.33. The molecule has 0 saturated carbocycles. The normalized spacial score (nSPS) is 12.6. The number of benzene rings is 1. The van der Waals surface area contributed by atoms with Gasteiger partial charge < -0.3 is 5.32 Å². The summed E-state index contributed by atoms with van der Waals surface area (Å²) in [6.07, 6.45) is 0. The summed E-state index contributed by atoms with van der Waals surface area (Å²) < 4.78 is 0. The van der Waals surface area contributed by atoms with Crippen molar-refractivity contribution in [1.82, 2.24) is 5.32 Å². The van der Waals surface area contributed by atoms with E-state index in [1.54, 1.807) is 24.3 Å². The standard InChI is InChI=1S/C12H15Cl2NO/c1-8(2)11(7-13)15-12(16)9-3-5-10(14)6-4-9/h3-6,8,11H,7H2,1-2H3,(H,15,16). The molecule has 0 aromatic heterocycles. The van der Waals surface area contributed by atoms with Gasteiger partial charge in [-0.3, -0.25) is 4.79 Å². The van der Waals surface area contributed by atoms with Gasteiger partial charge in [0.25, 0.3) is 5.91 Å². The Morgan fingerprint density at radius 2 is 1.88 bits per heavy atom. The summed E-state index contributed by atoms with van der Waals surface area (Å²) in [5.41, 5.74) is 0.597. The highest BCUT2D eigenvalue weighted by atomic mass is 35.5. The molecule has 0 heterocycles. The number of halogens is 2. The third-order valence-corrected chi connectivity index (χ3v) is 2.98. The minimum Gasteiger partial charge on any atom is -0.348 e. The van der Waals surface area contributed by atoms with Crippen molar-refractivity contribution in [2.75, 3.05) is 5.88 Å². The van der Waals surface area contributed by atoms with Crippen LogP contribution in [0.25, 0.3) is 0 Å². The molecular weight excluding hydrogens is 245 g/mol. The molecule has 4 heteroatoms. The summed E-state index contributed by atoms with van der Waals surface area (Å²) >= 11 is 11.5. The number of carbonyl (C=O) groups excluding carboxylic acids is 1. The SMILES string of the molecule is CC(C)C(CCl)NC(=O)c1ccc(Cl)cc1. The molecule has 1 atom stereocenters. The molecule has 1 unspecified atom stereocenters. The molecule has 1 aromatic rings. The summed E-state index contributed by atoms with van der Waals surface area (Å²) in [6, 6.07) is 6.78. The third kappa shape index (κ3) is 3.69. The van der Waals surface area contributed by atoms with Gasteiger partial charge in [-0.2, -0.15) is 0 Å². The fourth-order valence-electron chi connectivity index (χ4n) is 1.24. The molecule has 0 aliphatic heterocycles. The van der Waals surface area contributed by atoms with Gasteiger partial charge in [-0.25, -0.2) is 0 Å². The lowest BCUT2D eigenvalue weighted by Crippen LogP contribution is -2.39. The van der Waals surface area contributed by atoms with Crippen molar-refractivity contribution in [3.63, 3.8) is 0 Å². The summed E-state index contributed by atoms with van der Waals surface area (Å²) in [7, 11) is 0. The maximum atomic E-state index is 11.8. The third-order valence-electron chi connectivity index (χ3n) is 2.39. The largest absolute Gasteiger partial charge is 0.348 e. The minimum absolute atomic E-state index is 0.00940. The molecule has 1 aromatic carbocycles. The van der Waals surface area contributed by atoms with Gasteiger partial charge in [-0.1, -0.05) is 25.4 Å². The first-order chi connectivity index (χ1) is 7.54. The van der Waals surface area contributed by atoms with Crippen LogP contribution in [0.2, 0.25) is 5.02 Å². The van der Waals surface area contributed by atoms with Crippen LogP contribution in [0.1, 0.15) is 24.2 Å². The molecule has 0 radical (unpaired) electrons. The van der Waals surface area contributed by atoms with Crippen LogP contribution in [0.3, 0.4) is 0 Å². The fraction of sp³-hybridized carbons (Fsp3) is 0.417. The van der Waals surface area contributed by atoms with E-state index in [-0.39, 0.29) is 11.9 Å². The Hall–Kier alpha value is -0.730. The average molecular weight is 260 g/mol. The first kappa shape index (κ1) is 13.3. The van der Waals surface area contributed by atoms with Crippen molar-refractivity contribution in [3.8, 4) is 0 Å². The van der Waals surface area contributed by atoms with E-state index in [1.807, 2.05) is 13.8 Å². The van der Waals surface area contributed by atoms with Crippen molar-refractivity contribution in [3.05, 3.63) is 34.9 Å². The summed E-state index contributed by atoms with van der Waals surface area (Å²) in [6.45, 7) is 4.05. The van der Waals surface area contributed by atoms with Crippen molar-refractivity contribution in [2.24, 2.45) is 5.92 Å². The van der Waals surface area contributed by atoms with E-state index in [0.717, 1.165) is 0 Å². The molecule has 0 saturated heterocycles. The zero-order valence-corrected chi connectivity index (χ0v) is 10.8. The van der Waals surface area contributed by atoms with E-state index in [2.05, 4.69) is 5.32 Å². The van der Waals surface area contributed by atoms with Gasteiger partial charge in [0.2, 0.25) is 0 Å². The molecule has 0 bridgehead atoms. The first-order valence-electron chi connectivity index (χ1n) is 5.17. The second-order valence-electron chi connectivity index (χ2n) is 3.99. The topological polar surface area (TPSA) is 29.1 Å². The molecular formula is C12H15Cl2NO. The van der Waals surface area contributed by atoms with Gasteiger partial charge in [0.05, 0.1) is 0 Å². The number of nitrogens with one attached hydrogen (secondary N) is 1. The molecule has 0 aliphatic carbocycles. The van der Waals surface area contributed by atoms with E-state index < -0.39 is 0 Å². The number of hydrogen-bond donors (Lipinski definition) is 1. The molecule has 0 aliphatic rings. The monoisotopic (exact) mass is 259 g/mol. The van der Waals surface area contributed by atoms with Crippen LogP contribution >= 0.6 is 23.2 Å². The number of rotatable bonds is 4. The van der Waals surface area contributed by atoms with Gasteiger partial charge in [0.15, 0.2) is 0 Å². The van der Waals surface area contributed by atoms with E-state index in [1.165, 1.54) is 0 Å². The van der Waals surface area contributed by atoms with E-state index in [9.17, 15) is 4.79 Å². The van der Waals surface area contributed by atoms with Crippen LogP contribution in [0, 0.1) is 5.92 Å². The van der Waals surface area contributed by atoms with Gasteiger partial charge in [-0.15, -0.1) is 11.6 Å². The predicted molar refractivity (Wildman–Crippen MR) is 68.3 cm³/mol. The fourth-order valence-corrected chi connectivity index (χ4v) is 1.80. The number of amides is 1. The van der Waals surface area contributed by atoms with Crippen molar-refractivity contribution >= 4 is 29.1 Å². The van der Waals surface area contributed by atoms with Gasteiger partial charge in [0, 0.05) is 22.5 Å². The highest BCUT2D eigenvalue weighted by Crippen LogP contribution is 2.10. The molecule has 1 amide bonds. The van der Waals surface area contributed by atoms with Crippen molar-refractivity contribution in [1.29, 1.82) is 0 Å². The Bertz CT molecular complexity index is 349. The highest BCUT2D eigenvalue weighted by molar-refractivity contribution is 6.30. The molecule has 0 spiro atoms. The van der Waals surface area contributed by atoms with Gasteiger partial charge >= 0.3 is 0 Å². The Kier molecular flexibility index (Phi) is 5.10. The Labute approximate surface area is 106 Å². The lowest BCUT2D eigenvalue weighted by atomic mass is 10.1. The molecule has 0 fully saturated rings. The maximum Gasteiger partial charge on any atom is 0.251 e. The van der Waals surface area contributed by atoms with Crippen molar-refractivity contribution in [2.45, 2.75) is 19.9 Å². The van der Waals surface area contributed by atoms with E-state index in [0.29, 0.717) is 22.4 Å². The highest BCUT2D eigenvalue weighted by Gasteiger charge is 2.15. The van der Waals surface area contributed by atoms with Gasteiger partial charge in [-0.05, 0) is 30.2 Å². The van der Waals surface area contributed by atoms with Crippen LogP contribution in [-0.4, -0.2) is 17.8 Å². The smallest absolute Gasteiger partial charge is 0.251 e. The van der Waals surface area contributed by atoms with E-state index in [4.69, 9.17) is 23.2 Å². The quantitative estimate of drug-likeness (QED) is 0.826. The van der Waals surface area contributed by atoms with Crippen LogP contribution in [-0.2, 0) is 0 Å². The molecule has 1 N–H and O–H groups in total. The summed E-state index contributed by atoms with van der Waals surface area (Å²) in [5, 5.41) is 3.51.